The first-order valence-corrected chi connectivity index (χ1v) is 6.60. The van der Waals surface area contributed by atoms with Crippen molar-refractivity contribution in [2.45, 2.75) is 12.5 Å². The molecule has 0 spiro atoms. The number of hydrogen-bond donors (Lipinski definition) is 1. The highest BCUT2D eigenvalue weighted by Crippen LogP contribution is 2.30. The third-order valence-electron chi connectivity index (χ3n) is 2.40. The van der Waals surface area contributed by atoms with Gasteiger partial charge in [0.25, 0.3) is 0 Å². The third-order valence-corrected chi connectivity index (χ3v) is 4.10. The molecule has 17 heavy (non-hydrogen) atoms. The Balaban J connectivity index is 2.25. The van der Waals surface area contributed by atoms with Crippen molar-refractivity contribution >= 4 is 27.3 Å². The van der Waals surface area contributed by atoms with Gasteiger partial charge in [0.2, 0.25) is 0 Å². The van der Waals surface area contributed by atoms with Crippen LogP contribution in [-0.4, -0.2) is 5.11 Å². The molecule has 0 saturated carbocycles. The third kappa shape index (κ3) is 2.73. The average Bonchev–Trinajstić information content (AvgIpc) is 2.78. The molecule has 0 aliphatic rings. The van der Waals surface area contributed by atoms with E-state index in [1.807, 2.05) is 17.5 Å². The predicted octanol–water partition coefficient (Wildman–Crippen LogP) is 4.06. The highest BCUT2D eigenvalue weighted by molar-refractivity contribution is 9.10. The number of rotatable bonds is 3. The zero-order chi connectivity index (χ0) is 12.4. The van der Waals surface area contributed by atoms with Crippen LogP contribution < -0.4 is 0 Å². The van der Waals surface area contributed by atoms with Gasteiger partial charge in [0, 0.05) is 11.3 Å². The molecule has 1 aromatic carbocycles. The quantitative estimate of drug-likeness (QED) is 0.846. The van der Waals surface area contributed by atoms with Crippen molar-refractivity contribution in [3.63, 3.8) is 0 Å². The lowest BCUT2D eigenvalue weighted by atomic mass is 10.1. The molecule has 90 valence electrons. The van der Waals surface area contributed by atoms with E-state index in [-0.39, 0.29) is 4.47 Å². The first kappa shape index (κ1) is 12.7. The van der Waals surface area contributed by atoms with E-state index in [0.29, 0.717) is 12.0 Å². The fraction of sp³-hybridized carbons (Fsp3) is 0.167. The minimum Gasteiger partial charge on any atom is -0.388 e. The Hall–Kier alpha value is -0.780. The number of thiophene rings is 1. The van der Waals surface area contributed by atoms with Gasteiger partial charge in [0.15, 0.2) is 11.6 Å². The fourth-order valence-corrected chi connectivity index (χ4v) is 2.86. The van der Waals surface area contributed by atoms with E-state index in [2.05, 4.69) is 15.9 Å². The van der Waals surface area contributed by atoms with Crippen LogP contribution in [0.15, 0.2) is 34.1 Å². The molecule has 0 fully saturated rings. The lowest BCUT2D eigenvalue weighted by molar-refractivity contribution is 0.178. The van der Waals surface area contributed by atoms with E-state index in [0.717, 1.165) is 10.9 Å². The smallest absolute Gasteiger partial charge is 0.173 e. The zero-order valence-corrected chi connectivity index (χ0v) is 11.1. The summed E-state index contributed by atoms with van der Waals surface area (Å²) in [7, 11) is 0. The van der Waals surface area contributed by atoms with Crippen LogP contribution >= 0.6 is 27.3 Å². The van der Waals surface area contributed by atoms with E-state index in [9.17, 15) is 13.9 Å². The molecule has 2 aromatic rings. The Morgan fingerprint density at radius 2 is 2.06 bits per heavy atom. The molecule has 1 atom stereocenters. The molecular formula is C12H9BrF2OS. The molecule has 0 radical (unpaired) electrons. The van der Waals surface area contributed by atoms with E-state index in [4.69, 9.17) is 0 Å². The molecule has 0 saturated heterocycles. The van der Waals surface area contributed by atoms with Crippen molar-refractivity contribution in [2.75, 3.05) is 0 Å². The molecule has 1 aromatic heterocycles. The molecule has 0 aliphatic heterocycles. The molecule has 0 amide bonds. The first-order chi connectivity index (χ1) is 8.09. The standard InChI is InChI=1S/C12H9BrF2OS/c13-11-8(3-4-9(14)12(11)15)10(16)6-7-2-1-5-17-7/h1-5,10,16H,6H2. The minimum atomic E-state index is -0.965. The topological polar surface area (TPSA) is 20.2 Å². The summed E-state index contributed by atoms with van der Waals surface area (Å²) >= 11 is 4.48. The van der Waals surface area contributed by atoms with Gasteiger partial charge in [0.1, 0.15) is 0 Å². The van der Waals surface area contributed by atoms with Gasteiger partial charge in [-0.25, -0.2) is 8.78 Å². The summed E-state index contributed by atoms with van der Waals surface area (Å²) in [4.78, 5) is 0.995. The maximum absolute atomic E-state index is 13.3. The number of benzene rings is 1. The maximum atomic E-state index is 13.3. The van der Waals surface area contributed by atoms with Gasteiger partial charge >= 0.3 is 0 Å². The van der Waals surface area contributed by atoms with Crippen LogP contribution in [0, 0.1) is 11.6 Å². The number of aliphatic hydroxyl groups is 1. The molecule has 1 N–H and O–H groups in total. The van der Waals surface area contributed by atoms with Gasteiger partial charge in [-0.2, -0.15) is 0 Å². The Morgan fingerprint density at radius 1 is 1.29 bits per heavy atom. The molecule has 0 aliphatic carbocycles. The fourth-order valence-electron chi connectivity index (χ4n) is 1.53. The molecule has 2 rings (SSSR count). The highest BCUT2D eigenvalue weighted by Gasteiger charge is 2.17. The van der Waals surface area contributed by atoms with Gasteiger partial charge in [0.05, 0.1) is 10.6 Å². The molecule has 1 unspecified atom stereocenters. The van der Waals surface area contributed by atoms with Gasteiger partial charge in [-0.05, 0) is 39.0 Å². The van der Waals surface area contributed by atoms with E-state index in [1.165, 1.54) is 17.4 Å². The summed E-state index contributed by atoms with van der Waals surface area (Å²) in [6, 6.07) is 6.18. The summed E-state index contributed by atoms with van der Waals surface area (Å²) in [6.07, 6.45) is -0.459. The summed E-state index contributed by atoms with van der Waals surface area (Å²) < 4.78 is 26.2. The highest BCUT2D eigenvalue weighted by atomic mass is 79.9. The number of halogens is 3. The summed E-state index contributed by atoms with van der Waals surface area (Å²) in [5.74, 6) is -1.89. The monoisotopic (exact) mass is 318 g/mol. The molecule has 0 bridgehead atoms. The summed E-state index contributed by atoms with van der Waals surface area (Å²) in [6.45, 7) is 0. The SMILES string of the molecule is OC(Cc1cccs1)c1ccc(F)c(F)c1Br. The van der Waals surface area contributed by atoms with Gasteiger partial charge in [-0.1, -0.05) is 12.1 Å². The lowest BCUT2D eigenvalue weighted by Gasteiger charge is -2.12. The van der Waals surface area contributed by atoms with Crippen molar-refractivity contribution in [1.82, 2.24) is 0 Å². The largest absolute Gasteiger partial charge is 0.388 e. The second-order valence-electron chi connectivity index (χ2n) is 3.56. The van der Waals surface area contributed by atoms with Crippen LogP contribution in [0.2, 0.25) is 0 Å². The van der Waals surface area contributed by atoms with Crippen molar-refractivity contribution in [2.24, 2.45) is 0 Å². The Bertz CT molecular complexity index is 513. The summed E-state index contributed by atoms with van der Waals surface area (Å²) in [5.41, 5.74) is 0.359. The number of hydrogen-bond acceptors (Lipinski definition) is 2. The Labute approximate surface area is 110 Å². The van der Waals surface area contributed by atoms with E-state index >= 15 is 0 Å². The lowest BCUT2D eigenvalue weighted by Crippen LogP contribution is -2.03. The number of aliphatic hydroxyl groups excluding tert-OH is 1. The van der Waals surface area contributed by atoms with Crippen molar-refractivity contribution in [3.8, 4) is 0 Å². The van der Waals surface area contributed by atoms with Crippen LogP contribution in [0.5, 0.6) is 0 Å². The zero-order valence-electron chi connectivity index (χ0n) is 8.66. The van der Waals surface area contributed by atoms with Crippen molar-refractivity contribution in [3.05, 3.63) is 56.2 Å². The van der Waals surface area contributed by atoms with Crippen molar-refractivity contribution in [1.29, 1.82) is 0 Å². The molecule has 1 nitrogen and oxygen atoms in total. The molecule has 5 heteroatoms. The maximum Gasteiger partial charge on any atom is 0.173 e. The van der Waals surface area contributed by atoms with Crippen LogP contribution in [0.1, 0.15) is 16.5 Å². The second-order valence-corrected chi connectivity index (χ2v) is 5.39. The average molecular weight is 319 g/mol. The van der Waals surface area contributed by atoms with Gasteiger partial charge in [-0.15, -0.1) is 11.3 Å². The van der Waals surface area contributed by atoms with Crippen LogP contribution in [-0.2, 0) is 6.42 Å². The Kier molecular flexibility index (Phi) is 3.91. The van der Waals surface area contributed by atoms with Crippen LogP contribution in [0.3, 0.4) is 0 Å². The summed E-state index contributed by atoms with van der Waals surface area (Å²) in [5, 5.41) is 11.9. The van der Waals surface area contributed by atoms with Crippen LogP contribution in [0.25, 0.3) is 0 Å². The van der Waals surface area contributed by atoms with Crippen LogP contribution in [0.4, 0.5) is 8.78 Å². The Morgan fingerprint density at radius 3 is 2.71 bits per heavy atom. The van der Waals surface area contributed by atoms with Gasteiger partial charge in [-0.3, -0.25) is 0 Å². The van der Waals surface area contributed by atoms with E-state index in [1.54, 1.807) is 0 Å². The molecule has 1 heterocycles. The van der Waals surface area contributed by atoms with E-state index < -0.39 is 17.7 Å². The normalized spacial score (nSPS) is 12.7. The molecular weight excluding hydrogens is 310 g/mol. The minimum absolute atomic E-state index is 0.0124. The van der Waals surface area contributed by atoms with Gasteiger partial charge < -0.3 is 5.11 Å². The predicted molar refractivity (Wildman–Crippen MR) is 67.0 cm³/mol. The van der Waals surface area contributed by atoms with Crippen molar-refractivity contribution < 1.29 is 13.9 Å². The second kappa shape index (κ2) is 5.25. The first-order valence-electron chi connectivity index (χ1n) is 4.93.